The molecular formula is C20H27N2O4PS. The molecule has 2 aromatic rings. The van der Waals surface area contributed by atoms with Gasteiger partial charge in [-0.05, 0) is 52.9 Å². The summed E-state index contributed by atoms with van der Waals surface area (Å²) in [5, 5.41) is 12.4. The Morgan fingerprint density at radius 3 is 2.75 bits per heavy atom. The van der Waals surface area contributed by atoms with E-state index in [0.717, 1.165) is 16.7 Å². The first-order valence-electron chi connectivity index (χ1n) is 9.48. The van der Waals surface area contributed by atoms with E-state index < -0.39 is 18.5 Å². The van der Waals surface area contributed by atoms with Crippen LogP contribution in [-0.4, -0.2) is 51.8 Å². The van der Waals surface area contributed by atoms with Crippen LogP contribution < -0.4 is 5.73 Å². The zero-order valence-corrected chi connectivity index (χ0v) is 17.5. The second-order valence-electron chi connectivity index (χ2n) is 7.39. The molecule has 2 unspecified atom stereocenters. The molecule has 8 heteroatoms. The fraction of sp³-hybridized carbons (Fsp3) is 0.450. The molecule has 0 amide bonds. The van der Waals surface area contributed by atoms with Crippen LogP contribution in [0.4, 0.5) is 0 Å². The van der Waals surface area contributed by atoms with E-state index in [2.05, 4.69) is 17.5 Å². The lowest BCUT2D eigenvalue weighted by Crippen LogP contribution is -2.53. The summed E-state index contributed by atoms with van der Waals surface area (Å²) in [5.41, 5.74) is 8.88. The van der Waals surface area contributed by atoms with Crippen LogP contribution in [0.3, 0.4) is 0 Å². The Balaban J connectivity index is 1.85. The van der Waals surface area contributed by atoms with Gasteiger partial charge in [0.25, 0.3) is 0 Å². The number of carboxylic acids is 1. The maximum Gasteiger partial charge on any atom is 0.320 e. The molecule has 1 aromatic carbocycles. The summed E-state index contributed by atoms with van der Waals surface area (Å²) < 4.78 is 12.9. The second-order valence-corrected chi connectivity index (χ2v) is 10.9. The SMILES string of the molecule is NCCCCC1(C(=O)O)CN(Cc2ccccc2-c2ccsc2)CCP1(=O)O. The molecule has 0 radical (unpaired) electrons. The van der Waals surface area contributed by atoms with E-state index in [1.807, 2.05) is 28.5 Å². The van der Waals surface area contributed by atoms with Crippen molar-refractivity contribution in [2.75, 3.05) is 25.8 Å². The van der Waals surface area contributed by atoms with E-state index in [-0.39, 0.29) is 19.1 Å². The molecule has 6 nitrogen and oxygen atoms in total. The number of carbonyl (C=O) groups is 1. The van der Waals surface area contributed by atoms with Gasteiger partial charge in [-0.25, -0.2) is 0 Å². The van der Waals surface area contributed by atoms with E-state index in [9.17, 15) is 19.4 Å². The van der Waals surface area contributed by atoms with E-state index in [1.165, 1.54) is 0 Å². The first kappa shape index (κ1) is 21.2. The average molecular weight is 422 g/mol. The van der Waals surface area contributed by atoms with E-state index in [4.69, 9.17) is 5.73 Å². The maximum atomic E-state index is 12.9. The third kappa shape index (κ3) is 4.24. The number of nitrogens with zero attached hydrogens (tertiary/aromatic N) is 1. The quantitative estimate of drug-likeness (QED) is 0.445. The van der Waals surface area contributed by atoms with Crippen molar-refractivity contribution in [3.8, 4) is 11.1 Å². The number of benzene rings is 1. The fourth-order valence-electron chi connectivity index (χ4n) is 3.92. The smallest absolute Gasteiger partial charge is 0.320 e. The average Bonchev–Trinajstić information content (AvgIpc) is 3.19. The van der Waals surface area contributed by atoms with E-state index in [1.54, 1.807) is 11.3 Å². The largest absolute Gasteiger partial charge is 0.480 e. The number of hydrogen-bond donors (Lipinski definition) is 3. The van der Waals surface area contributed by atoms with Gasteiger partial charge in [-0.1, -0.05) is 30.7 Å². The molecule has 2 atom stereocenters. The van der Waals surface area contributed by atoms with Gasteiger partial charge in [0, 0.05) is 25.8 Å². The van der Waals surface area contributed by atoms with Gasteiger partial charge in [0.1, 0.15) is 0 Å². The number of hydrogen-bond acceptors (Lipinski definition) is 5. The molecule has 0 bridgehead atoms. The van der Waals surface area contributed by atoms with Gasteiger partial charge in [0.15, 0.2) is 5.16 Å². The molecule has 1 aromatic heterocycles. The zero-order chi connectivity index (χ0) is 20.2. The highest BCUT2D eigenvalue weighted by molar-refractivity contribution is 7.61. The van der Waals surface area contributed by atoms with Crippen molar-refractivity contribution < 1.29 is 19.4 Å². The molecule has 1 fully saturated rings. The highest BCUT2D eigenvalue weighted by Crippen LogP contribution is 2.59. The molecular weight excluding hydrogens is 395 g/mol. The highest BCUT2D eigenvalue weighted by Gasteiger charge is 2.56. The lowest BCUT2D eigenvalue weighted by molar-refractivity contribution is -0.141. The minimum atomic E-state index is -3.81. The third-order valence-corrected chi connectivity index (χ3v) is 8.94. The lowest BCUT2D eigenvalue weighted by Gasteiger charge is -2.43. The number of aliphatic carboxylic acids is 1. The molecule has 0 aliphatic carbocycles. The maximum absolute atomic E-state index is 12.9. The summed E-state index contributed by atoms with van der Waals surface area (Å²) in [5.74, 6) is -1.17. The molecule has 2 heterocycles. The van der Waals surface area contributed by atoms with Gasteiger partial charge < -0.3 is 15.7 Å². The predicted octanol–water partition coefficient (Wildman–Crippen LogP) is 3.45. The molecule has 0 saturated carbocycles. The fourth-order valence-corrected chi connectivity index (χ4v) is 6.79. The summed E-state index contributed by atoms with van der Waals surface area (Å²) in [6.07, 6.45) is 1.36. The Kier molecular flexibility index (Phi) is 6.73. The van der Waals surface area contributed by atoms with Crippen LogP contribution in [0.2, 0.25) is 0 Å². The lowest BCUT2D eigenvalue weighted by atomic mass is 9.98. The first-order valence-corrected chi connectivity index (χ1v) is 12.3. The number of carboxylic acid groups (broad SMARTS) is 1. The van der Waals surface area contributed by atoms with Crippen LogP contribution in [0, 0.1) is 0 Å². The molecule has 28 heavy (non-hydrogen) atoms. The van der Waals surface area contributed by atoms with E-state index >= 15 is 0 Å². The Hall–Kier alpha value is -1.50. The molecule has 1 aliphatic heterocycles. The summed E-state index contributed by atoms with van der Waals surface area (Å²) in [6.45, 7) is 1.50. The molecule has 1 saturated heterocycles. The van der Waals surface area contributed by atoms with Crippen LogP contribution in [-0.2, 0) is 15.9 Å². The highest BCUT2D eigenvalue weighted by atomic mass is 32.1. The minimum absolute atomic E-state index is 0.00252. The minimum Gasteiger partial charge on any atom is -0.480 e. The van der Waals surface area contributed by atoms with Crippen LogP contribution in [0.25, 0.3) is 11.1 Å². The van der Waals surface area contributed by atoms with E-state index in [0.29, 0.717) is 32.5 Å². The second kappa shape index (κ2) is 8.89. The molecule has 0 spiro atoms. The van der Waals surface area contributed by atoms with Gasteiger partial charge in [-0.15, -0.1) is 0 Å². The number of nitrogens with two attached hydrogens (primary N) is 1. The van der Waals surface area contributed by atoms with Crippen molar-refractivity contribution in [2.24, 2.45) is 5.73 Å². The Labute approximate surface area is 169 Å². The molecule has 3 rings (SSSR count). The van der Waals surface area contributed by atoms with Gasteiger partial charge in [-0.2, -0.15) is 11.3 Å². The summed E-state index contributed by atoms with van der Waals surface area (Å²) >= 11 is 1.63. The Morgan fingerprint density at radius 1 is 1.29 bits per heavy atom. The van der Waals surface area contributed by atoms with Crippen LogP contribution in [0.1, 0.15) is 24.8 Å². The topological polar surface area (TPSA) is 104 Å². The van der Waals surface area contributed by atoms with Crippen molar-refractivity contribution in [1.29, 1.82) is 0 Å². The summed E-state index contributed by atoms with van der Waals surface area (Å²) in [7, 11) is -3.81. The van der Waals surface area contributed by atoms with Crippen molar-refractivity contribution in [2.45, 2.75) is 31.0 Å². The summed E-state index contributed by atoms with van der Waals surface area (Å²) in [6, 6.07) is 10.1. The van der Waals surface area contributed by atoms with Crippen LogP contribution in [0.15, 0.2) is 41.1 Å². The Morgan fingerprint density at radius 2 is 2.07 bits per heavy atom. The standard InChI is InChI=1S/C20H27N2O4PS/c21-9-4-3-8-20(19(23)24)15-22(10-11-27(20,25)26)13-16-5-1-2-6-18(16)17-7-12-28-14-17/h1-2,5-7,12,14H,3-4,8-11,13,15,21H2,(H,23,24)(H,25,26). The third-order valence-electron chi connectivity index (χ3n) is 5.56. The molecule has 152 valence electrons. The number of rotatable bonds is 8. The van der Waals surface area contributed by atoms with Gasteiger partial charge in [-0.3, -0.25) is 14.3 Å². The molecule has 1 aliphatic rings. The first-order chi connectivity index (χ1) is 13.4. The summed E-state index contributed by atoms with van der Waals surface area (Å²) in [4.78, 5) is 24.7. The molecule has 4 N–H and O–H groups in total. The zero-order valence-electron chi connectivity index (χ0n) is 15.8. The van der Waals surface area contributed by atoms with Crippen LogP contribution >= 0.6 is 18.7 Å². The van der Waals surface area contributed by atoms with Crippen molar-refractivity contribution >= 4 is 24.7 Å². The van der Waals surface area contributed by atoms with Gasteiger partial charge in [0.2, 0.25) is 7.37 Å². The van der Waals surface area contributed by atoms with Crippen molar-refractivity contribution in [1.82, 2.24) is 4.90 Å². The normalized spacial score (nSPS) is 25.6. The Bertz CT molecular complexity index is 858. The number of thiophene rings is 1. The predicted molar refractivity (Wildman–Crippen MR) is 113 cm³/mol. The van der Waals surface area contributed by atoms with Gasteiger partial charge in [0.05, 0.1) is 0 Å². The van der Waals surface area contributed by atoms with Crippen molar-refractivity contribution in [3.05, 3.63) is 46.7 Å². The monoisotopic (exact) mass is 422 g/mol. The number of unbranched alkanes of at least 4 members (excludes halogenated alkanes) is 1. The van der Waals surface area contributed by atoms with Crippen molar-refractivity contribution in [3.63, 3.8) is 0 Å². The van der Waals surface area contributed by atoms with Gasteiger partial charge >= 0.3 is 5.97 Å². The van der Waals surface area contributed by atoms with Crippen LogP contribution in [0.5, 0.6) is 0 Å².